The molecule has 0 aliphatic carbocycles. The second-order valence-corrected chi connectivity index (χ2v) is 6.66. The second-order valence-electron chi connectivity index (χ2n) is 5.24. The van der Waals surface area contributed by atoms with E-state index >= 15 is 0 Å². The van der Waals surface area contributed by atoms with Crippen molar-refractivity contribution < 1.29 is 17.7 Å². The van der Waals surface area contributed by atoms with Gasteiger partial charge in [-0.2, -0.15) is 13.7 Å². The third kappa shape index (κ3) is 3.54. The molecule has 0 spiro atoms. The lowest BCUT2D eigenvalue weighted by Gasteiger charge is -2.08. The Morgan fingerprint density at radius 1 is 0.958 bits per heavy atom. The maximum Gasteiger partial charge on any atom is 0.294 e. The molecule has 1 N–H and O–H groups in total. The average Bonchev–Trinajstić information content (AvgIpc) is 2.59. The Bertz CT molecular complexity index is 1030. The Balaban J connectivity index is 1.83. The fraction of sp³-hybridized carbons (Fsp3) is 0.0556. The van der Waals surface area contributed by atoms with E-state index in [2.05, 4.69) is 6.07 Å². The lowest BCUT2D eigenvalue weighted by Crippen LogP contribution is -1.98. The van der Waals surface area contributed by atoms with Gasteiger partial charge in [-0.25, -0.2) is 0 Å². The molecule has 0 fully saturated rings. The molecule has 3 aromatic rings. The van der Waals surface area contributed by atoms with Gasteiger partial charge in [-0.3, -0.25) is 4.55 Å². The Morgan fingerprint density at radius 3 is 2.33 bits per heavy atom. The van der Waals surface area contributed by atoms with E-state index in [9.17, 15) is 8.42 Å². The van der Waals surface area contributed by atoms with Crippen LogP contribution < -0.4 is 4.74 Å². The summed E-state index contributed by atoms with van der Waals surface area (Å²) in [4.78, 5) is -0.153. The van der Waals surface area contributed by atoms with Gasteiger partial charge in [0.05, 0.1) is 16.5 Å². The molecule has 0 unspecified atom stereocenters. The van der Waals surface area contributed by atoms with Gasteiger partial charge >= 0.3 is 0 Å². The third-order valence-electron chi connectivity index (χ3n) is 3.57. The van der Waals surface area contributed by atoms with Gasteiger partial charge in [0.2, 0.25) is 0 Å². The first-order valence-electron chi connectivity index (χ1n) is 7.09. The van der Waals surface area contributed by atoms with Crippen LogP contribution in [0.2, 0.25) is 0 Å². The zero-order valence-electron chi connectivity index (χ0n) is 12.5. The van der Waals surface area contributed by atoms with Gasteiger partial charge in [-0.05, 0) is 52.7 Å². The van der Waals surface area contributed by atoms with E-state index in [4.69, 9.17) is 14.6 Å². The van der Waals surface area contributed by atoms with Crippen molar-refractivity contribution in [1.29, 1.82) is 5.26 Å². The van der Waals surface area contributed by atoms with Crippen molar-refractivity contribution in [2.45, 2.75) is 11.5 Å². The summed E-state index contributed by atoms with van der Waals surface area (Å²) in [5.41, 5.74) is 1.50. The predicted octanol–water partition coefficient (Wildman–Crippen LogP) is 3.54. The van der Waals surface area contributed by atoms with Crippen LogP contribution in [0.5, 0.6) is 5.75 Å². The Kier molecular flexibility index (Phi) is 4.21. The standard InChI is InChI=1S/C18H13NO4S/c19-11-13-1-3-14(4-2-13)12-23-17-7-5-15-6-8-18(24(20,21)22)10-16(15)9-17/h1-10H,12H2,(H,20,21,22). The van der Waals surface area contributed by atoms with Gasteiger partial charge in [-0.15, -0.1) is 0 Å². The van der Waals surface area contributed by atoms with Gasteiger partial charge < -0.3 is 4.74 Å². The highest BCUT2D eigenvalue weighted by Gasteiger charge is 2.10. The fourth-order valence-corrected chi connectivity index (χ4v) is 2.81. The third-order valence-corrected chi connectivity index (χ3v) is 4.42. The number of rotatable bonds is 4. The highest BCUT2D eigenvalue weighted by atomic mass is 32.2. The zero-order chi connectivity index (χ0) is 17.2. The maximum absolute atomic E-state index is 11.2. The van der Waals surface area contributed by atoms with Crippen LogP contribution in [0.15, 0.2) is 65.6 Å². The Labute approximate surface area is 139 Å². The summed E-state index contributed by atoms with van der Waals surface area (Å²) in [6.07, 6.45) is 0. The SMILES string of the molecule is N#Cc1ccc(COc2ccc3ccc(S(=O)(=O)O)cc3c2)cc1. The summed E-state index contributed by atoms with van der Waals surface area (Å²) in [6.45, 7) is 0.329. The average molecular weight is 339 g/mol. The summed E-state index contributed by atoms with van der Waals surface area (Å²) in [5, 5.41) is 10.3. The van der Waals surface area contributed by atoms with E-state index in [1.54, 1.807) is 30.3 Å². The van der Waals surface area contributed by atoms with Crippen LogP contribution in [-0.4, -0.2) is 13.0 Å². The number of benzene rings is 3. The van der Waals surface area contributed by atoms with Crippen molar-refractivity contribution in [2.24, 2.45) is 0 Å². The molecule has 0 aliphatic heterocycles. The molecule has 0 aromatic heterocycles. The number of hydrogen-bond donors (Lipinski definition) is 1. The normalized spacial score (nSPS) is 11.2. The smallest absolute Gasteiger partial charge is 0.294 e. The lowest BCUT2D eigenvalue weighted by molar-refractivity contribution is 0.306. The molecule has 0 aliphatic rings. The van der Waals surface area contributed by atoms with Gasteiger partial charge in [0.1, 0.15) is 12.4 Å². The number of nitriles is 1. The molecule has 0 heterocycles. The predicted molar refractivity (Wildman–Crippen MR) is 89.3 cm³/mol. The van der Waals surface area contributed by atoms with Gasteiger partial charge in [0.15, 0.2) is 0 Å². The number of ether oxygens (including phenoxy) is 1. The molecule has 0 saturated heterocycles. The molecule has 0 saturated carbocycles. The van der Waals surface area contributed by atoms with E-state index < -0.39 is 10.1 Å². The minimum absolute atomic E-state index is 0.153. The van der Waals surface area contributed by atoms with Crippen molar-refractivity contribution in [2.75, 3.05) is 0 Å². The summed E-state index contributed by atoms with van der Waals surface area (Å²) in [6, 6.07) is 18.8. The molecular formula is C18H13NO4S. The lowest BCUT2D eigenvalue weighted by atomic mass is 10.1. The number of hydrogen-bond acceptors (Lipinski definition) is 4. The van der Waals surface area contributed by atoms with E-state index in [1.807, 2.05) is 18.2 Å². The van der Waals surface area contributed by atoms with Crippen LogP contribution >= 0.6 is 0 Å². The van der Waals surface area contributed by atoms with Gasteiger partial charge in [0.25, 0.3) is 10.1 Å². The summed E-state index contributed by atoms with van der Waals surface area (Å²) in [5.74, 6) is 0.583. The molecule has 3 aromatic carbocycles. The number of nitrogens with zero attached hydrogens (tertiary/aromatic N) is 1. The minimum Gasteiger partial charge on any atom is -0.489 e. The van der Waals surface area contributed by atoms with Crippen LogP contribution in [-0.2, 0) is 16.7 Å². The first-order valence-corrected chi connectivity index (χ1v) is 8.53. The Morgan fingerprint density at radius 2 is 1.67 bits per heavy atom. The van der Waals surface area contributed by atoms with E-state index in [-0.39, 0.29) is 4.90 Å². The summed E-state index contributed by atoms with van der Waals surface area (Å²) in [7, 11) is -4.24. The van der Waals surface area contributed by atoms with Crippen LogP contribution in [0, 0.1) is 11.3 Å². The molecular weight excluding hydrogens is 326 g/mol. The first kappa shape index (κ1) is 16.0. The molecule has 5 nitrogen and oxygen atoms in total. The monoisotopic (exact) mass is 339 g/mol. The van der Waals surface area contributed by atoms with Crippen molar-refractivity contribution in [1.82, 2.24) is 0 Å². The molecule has 6 heteroatoms. The topological polar surface area (TPSA) is 87.4 Å². The molecule has 0 radical (unpaired) electrons. The highest BCUT2D eigenvalue weighted by molar-refractivity contribution is 7.85. The van der Waals surface area contributed by atoms with Crippen LogP contribution in [0.3, 0.4) is 0 Å². The molecule has 0 bridgehead atoms. The van der Waals surface area contributed by atoms with Crippen molar-refractivity contribution in [3.05, 3.63) is 71.8 Å². The van der Waals surface area contributed by atoms with E-state index in [1.165, 1.54) is 12.1 Å². The quantitative estimate of drug-likeness (QED) is 0.735. The minimum atomic E-state index is -4.24. The van der Waals surface area contributed by atoms with Crippen molar-refractivity contribution in [3.8, 4) is 11.8 Å². The van der Waals surface area contributed by atoms with Crippen LogP contribution in [0.1, 0.15) is 11.1 Å². The van der Waals surface area contributed by atoms with Crippen molar-refractivity contribution >= 4 is 20.9 Å². The fourth-order valence-electron chi connectivity index (χ4n) is 2.30. The van der Waals surface area contributed by atoms with Gasteiger partial charge in [0, 0.05) is 0 Å². The molecule has 120 valence electrons. The summed E-state index contributed by atoms with van der Waals surface area (Å²) >= 11 is 0. The largest absolute Gasteiger partial charge is 0.489 e. The zero-order valence-corrected chi connectivity index (χ0v) is 13.3. The van der Waals surface area contributed by atoms with Crippen molar-refractivity contribution in [3.63, 3.8) is 0 Å². The second kappa shape index (κ2) is 6.32. The maximum atomic E-state index is 11.2. The molecule has 0 atom stereocenters. The number of fused-ring (bicyclic) bond motifs is 1. The van der Waals surface area contributed by atoms with Gasteiger partial charge in [-0.1, -0.05) is 24.3 Å². The van der Waals surface area contributed by atoms with Crippen LogP contribution in [0.25, 0.3) is 10.8 Å². The highest BCUT2D eigenvalue weighted by Crippen LogP contribution is 2.24. The summed E-state index contributed by atoms with van der Waals surface area (Å²) < 4.78 is 37.3. The molecule has 0 amide bonds. The first-order chi connectivity index (χ1) is 11.5. The van der Waals surface area contributed by atoms with E-state index in [0.29, 0.717) is 23.3 Å². The Hall–Kier alpha value is -2.88. The van der Waals surface area contributed by atoms with E-state index in [0.717, 1.165) is 10.9 Å². The molecule has 24 heavy (non-hydrogen) atoms. The van der Waals surface area contributed by atoms with Crippen LogP contribution in [0.4, 0.5) is 0 Å². The molecule has 3 rings (SSSR count).